The molecule has 0 radical (unpaired) electrons. The molecule has 0 unspecified atom stereocenters. The maximum atomic E-state index is 13.2. The quantitative estimate of drug-likeness (QED) is 0.426. The van der Waals surface area contributed by atoms with E-state index in [0.717, 1.165) is 16.7 Å². The minimum Gasteiger partial charge on any atom is -0.494 e. The van der Waals surface area contributed by atoms with E-state index < -0.39 is 11.9 Å². The number of methoxy groups -OCH3 is 1. The highest BCUT2D eigenvalue weighted by atomic mass is 19.1. The molecule has 0 spiro atoms. The number of hydrazine groups is 1. The highest BCUT2D eigenvalue weighted by Gasteiger charge is 2.17. The van der Waals surface area contributed by atoms with E-state index in [2.05, 4.69) is 15.8 Å². The van der Waals surface area contributed by atoms with Crippen LogP contribution in [0.3, 0.4) is 0 Å². The van der Waals surface area contributed by atoms with Crippen molar-refractivity contribution in [2.45, 2.75) is 20.3 Å². The van der Waals surface area contributed by atoms with Gasteiger partial charge in [0.25, 0.3) is 5.91 Å². The number of nitrogens with one attached hydrogen (secondary N) is 2. The van der Waals surface area contributed by atoms with Gasteiger partial charge in [-0.25, -0.2) is 9.82 Å². The Morgan fingerprint density at radius 3 is 2.55 bits per heavy atom. The molecule has 0 aliphatic heterocycles. The van der Waals surface area contributed by atoms with Gasteiger partial charge in [0.1, 0.15) is 23.6 Å². The lowest BCUT2D eigenvalue weighted by Gasteiger charge is -2.14. The lowest BCUT2D eigenvalue weighted by Crippen LogP contribution is -2.41. The van der Waals surface area contributed by atoms with Gasteiger partial charge in [0.15, 0.2) is 0 Å². The second kappa shape index (κ2) is 9.99. The molecule has 0 bridgehead atoms. The van der Waals surface area contributed by atoms with Crippen molar-refractivity contribution in [3.05, 3.63) is 70.7 Å². The van der Waals surface area contributed by atoms with Crippen LogP contribution in [0.2, 0.25) is 0 Å². The Morgan fingerprint density at radius 1 is 1.13 bits per heavy atom. The van der Waals surface area contributed by atoms with E-state index in [1.807, 2.05) is 13.0 Å². The van der Waals surface area contributed by atoms with Gasteiger partial charge in [0.05, 0.1) is 19.3 Å². The molecule has 1 amide bonds. The minimum absolute atomic E-state index is 0.152. The fourth-order valence-electron chi connectivity index (χ4n) is 3.30. The molecule has 0 saturated heterocycles. The van der Waals surface area contributed by atoms with Crippen LogP contribution in [0.5, 0.6) is 5.75 Å². The maximum absolute atomic E-state index is 13.2. The van der Waals surface area contributed by atoms with Crippen molar-refractivity contribution in [3.8, 4) is 5.75 Å². The van der Waals surface area contributed by atoms with Gasteiger partial charge < -0.3 is 9.47 Å². The van der Waals surface area contributed by atoms with Gasteiger partial charge in [-0.1, -0.05) is 12.1 Å². The van der Waals surface area contributed by atoms with Crippen LogP contribution < -0.4 is 15.6 Å². The van der Waals surface area contributed by atoms with Crippen LogP contribution in [-0.2, 0) is 16.0 Å². The normalized spacial score (nSPS) is 10.7. The number of rotatable bonds is 8. The molecule has 0 saturated carbocycles. The third-order valence-corrected chi connectivity index (χ3v) is 4.68. The summed E-state index contributed by atoms with van der Waals surface area (Å²) in [5.74, 6) is -0.600. The number of fused-ring (bicyclic) bond motifs is 1. The molecular weight excluding hydrogens is 401 g/mol. The largest absolute Gasteiger partial charge is 0.494 e. The summed E-state index contributed by atoms with van der Waals surface area (Å²) in [6, 6.07) is 9.82. The van der Waals surface area contributed by atoms with Crippen molar-refractivity contribution in [2.24, 2.45) is 0 Å². The molecule has 0 fully saturated rings. The first-order valence-electron chi connectivity index (χ1n) is 9.82. The van der Waals surface area contributed by atoms with E-state index >= 15 is 0 Å². The van der Waals surface area contributed by atoms with Crippen molar-refractivity contribution in [1.29, 1.82) is 0 Å². The van der Waals surface area contributed by atoms with E-state index in [1.54, 1.807) is 38.4 Å². The Labute approximate surface area is 179 Å². The molecular formula is C23H24FN3O4. The summed E-state index contributed by atoms with van der Waals surface area (Å²) in [6.07, 6.45) is 2.25. The van der Waals surface area contributed by atoms with Crippen LogP contribution >= 0.6 is 0 Å². The third-order valence-electron chi connectivity index (χ3n) is 4.68. The smallest absolute Gasteiger partial charge is 0.321 e. The highest BCUT2D eigenvalue weighted by molar-refractivity contribution is 6.08. The van der Waals surface area contributed by atoms with Gasteiger partial charge in [-0.15, -0.1) is 0 Å². The molecule has 1 aromatic heterocycles. The average Bonchev–Trinajstić information content (AvgIpc) is 2.75. The number of carbonyl (C=O) groups excluding carboxylic acids is 2. The SMILES string of the molecule is CCOC(=O)CNNC(=O)c1cc(C)c(OC)c2ncc(Cc3ccc(F)cc3)cc12. The molecule has 0 atom stereocenters. The molecule has 0 aliphatic rings. The van der Waals surface area contributed by atoms with Crippen LogP contribution in [0, 0.1) is 12.7 Å². The molecule has 31 heavy (non-hydrogen) atoms. The van der Waals surface area contributed by atoms with E-state index in [-0.39, 0.29) is 19.0 Å². The summed E-state index contributed by atoms with van der Waals surface area (Å²) < 4.78 is 23.5. The standard InChI is InChI=1S/C23H24FN3O4/c1-4-31-20(28)13-26-27-23(29)19-9-14(2)22(30-3)21-18(19)11-16(12-25-21)10-15-5-7-17(24)8-6-15/h5-9,11-12,26H,4,10,13H2,1-3H3,(H,27,29). The minimum atomic E-state index is -0.471. The second-order valence-corrected chi connectivity index (χ2v) is 6.93. The zero-order valence-electron chi connectivity index (χ0n) is 17.6. The van der Waals surface area contributed by atoms with Gasteiger partial charge in [-0.05, 0) is 61.2 Å². The number of amides is 1. The van der Waals surface area contributed by atoms with Gasteiger partial charge in [-0.3, -0.25) is 20.0 Å². The predicted octanol–water partition coefficient (Wildman–Crippen LogP) is 3.08. The van der Waals surface area contributed by atoms with Crippen molar-refractivity contribution < 1.29 is 23.5 Å². The monoisotopic (exact) mass is 425 g/mol. The van der Waals surface area contributed by atoms with Gasteiger partial charge in [-0.2, -0.15) is 0 Å². The van der Waals surface area contributed by atoms with Crippen LogP contribution in [0.25, 0.3) is 10.9 Å². The molecule has 8 heteroatoms. The first-order valence-corrected chi connectivity index (χ1v) is 9.82. The number of aromatic nitrogens is 1. The molecule has 2 N–H and O–H groups in total. The molecule has 7 nitrogen and oxygen atoms in total. The lowest BCUT2D eigenvalue weighted by molar-refractivity contribution is -0.142. The Morgan fingerprint density at radius 2 is 1.87 bits per heavy atom. The molecule has 2 aromatic carbocycles. The van der Waals surface area contributed by atoms with Crippen LogP contribution in [0.15, 0.2) is 42.6 Å². The summed E-state index contributed by atoms with van der Waals surface area (Å²) in [5.41, 5.74) is 8.58. The van der Waals surface area contributed by atoms with E-state index in [4.69, 9.17) is 9.47 Å². The number of benzene rings is 2. The Bertz CT molecular complexity index is 1100. The maximum Gasteiger partial charge on any atom is 0.321 e. The van der Waals surface area contributed by atoms with E-state index in [0.29, 0.717) is 28.6 Å². The summed E-state index contributed by atoms with van der Waals surface area (Å²) in [7, 11) is 1.55. The zero-order chi connectivity index (χ0) is 22.4. The number of ether oxygens (including phenoxy) is 2. The molecule has 3 aromatic rings. The molecule has 3 rings (SSSR count). The second-order valence-electron chi connectivity index (χ2n) is 6.93. The number of pyridine rings is 1. The van der Waals surface area contributed by atoms with Crippen molar-refractivity contribution in [2.75, 3.05) is 20.3 Å². The summed E-state index contributed by atoms with van der Waals surface area (Å²) >= 11 is 0. The third kappa shape index (κ3) is 5.35. The first-order chi connectivity index (χ1) is 14.9. The topological polar surface area (TPSA) is 89.6 Å². The predicted molar refractivity (Wildman–Crippen MR) is 114 cm³/mol. The molecule has 0 aliphatic carbocycles. The number of esters is 1. The fourth-order valence-corrected chi connectivity index (χ4v) is 3.30. The zero-order valence-corrected chi connectivity index (χ0v) is 17.6. The number of carbonyl (C=O) groups is 2. The summed E-state index contributed by atoms with van der Waals surface area (Å²) in [6.45, 7) is 3.65. The van der Waals surface area contributed by atoms with Gasteiger partial charge in [0, 0.05) is 11.6 Å². The number of hydrogen-bond donors (Lipinski definition) is 2. The van der Waals surface area contributed by atoms with Crippen LogP contribution in [-0.4, -0.2) is 37.1 Å². The highest BCUT2D eigenvalue weighted by Crippen LogP contribution is 2.31. The summed E-state index contributed by atoms with van der Waals surface area (Å²) in [4.78, 5) is 28.8. The van der Waals surface area contributed by atoms with Crippen LogP contribution in [0.4, 0.5) is 4.39 Å². The van der Waals surface area contributed by atoms with Gasteiger partial charge in [0.2, 0.25) is 0 Å². The van der Waals surface area contributed by atoms with E-state index in [9.17, 15) is 14.0 Å². The average molecular weight is 425 g/mol. The van der Waals surface area contributed by atoms with E-state index in [1.165, 1.54) is 12.1 Å². The Balaban J connectivity index is 1.92. The van der Waals surface area contributed by atoms with Crippen molar-refractivity contribution >= 4 is 22.8 Å². The Hall–Kier alpha value is -3.52. The number of nitrogens with zero attached hydrogens (tertiary/aromatic N) is 1. The first kappa shape index (κ1) is 22.2. The van der Waals surface area contributed by atoms with Crippen LogP contribution in [0.1, 0.15) is 34.0 Å². The molecule has 1 heterocycles. The number of hydrogen-bond acceptors (Lipinski definition) is 6. The number of aryl methyl sites for hydroxylation is 1. The Kier molecular flexibility index (Phi) is 7.15. The molecule has 162 valence electrons. The van der Waals surface area contributed by atoms with Crippen molar-refractivity contribution in [3.63, 3.8) is 0 Å². The number of halogens is 1. The fraction of sp³-hybridized carbons (Fsp3) is 0.261. The van der Waals surface area contributed by atoms with Gasteiger partial charge >= 0.3 is 5.97 Å². The van der Waals surface area contributed by atoms with Crippen molar-refractivity contribution in [1.82, 2.24) is 15.8 Å². The lowest BCUT2D eigenvalue weighted by atomic mass is 9.99. The summed E-state index contributed by atoms with van der Waals surface area (Å²) in [5, 5.41) is 0.609.